The molecule has 1 aliphatic rings. The first kappa shape index (κ1) is 25.1. The van der Waals surface area contributed by atoms with Gasteiger partial charge in [-0.1, -0.05) is 30.3 Å². The van der Waals surface area contributed by atoms with E-state index in [9.17, 15) is 14.0 Å². The standard InChI is InChI=1S/C28H28FN7O2/c1-18(37)35-13-11-23(12-14-35)36-17-20(15-32-36)24-16-31-27(30)26(34-24)25(19-5-3-2-4-6-19)28(38)33-22-9-7-21(29)8-10-22/h2-10,15-17,23,25H,11-14H2,1H3,(H2,30,31)(H,33,38)/t25-/m1/s1. The minimum absolute atomic E-state index is 0.0886. The fraction of sp³-hybridized carbons (Fsp3) is 0.250. The van der Waals surface area contributed by atoms with Crippen molar-refractivity contribution in [3.63, 3.8) is 0 Å². The third-order valence-corrected chi connectivity index (χ3v) is 6.79. The van der Waals surface area contributed by atoms with Crippen molar-refractivity contribution in [2.45, 2.75) is 31.7 Å². The Kier molecular flexibility index (Phi) is 7.12. The van der Waals surface area contributed by atoms with Gasteiger partial charge in [0.25, 0.3) is 0 Å². The van der Waals surface area contributed by atoms with Gasteiger partial charge in [-0.3, -0.25) is 14.3 Å². The highest BCUT2D eigenvalue weighted by atomic mass is 19.1. The molecule has 0 bridgehead atoms. The van der Waals surface area contributed by atoms with Crippen molar-refractivity contribution in [1.29, 1.82) is 0 Å². The molecule has 4 aromatic rings. The van der Waals surface area contributed by atoms with Gasteiger partial charge in [-0.05, 0) is 42.7 Å². The molecule has 1 atom stereocenters. The van der Waals surface area contributed by atoms with Crippen molar-refractivity contribution in [2.24, 2.45) is 0 Å². The minimum Gasteiger partial charge on any atom is -0.382 e. The zero-order valence-electron chi connectivity index (χ0n) is 20.9. The molecule has 3 N–H and O–H groups in total. The Bertz CT molecular complexity index is 1430. The van der Waals surface area contributed by atoms with Crippen LogP contribution in [0.1, 0.15) is 43.0 Å². The lowest BCUT2D eigenvalue weighted by Gasteiger charge is -2.31. The second-order valence-electron chi connectivity index (χ2n) is 9.31. The smallest absolute Gasteiger partial charge is 0.238 e. The Labute approximate surface area is 219 Å². The zero-order chi connectivity index (χ0) is 26.6. The summed E-state index contributed by atoms with van der Waals surface area (Å²) in [6, 6.07) is 14.9. The van der Waals surface area contributed by atoms with E-state index in [0.29, 0.717) is 35.7 Å². The molecule has 10 heteroatoms. The number of piperidine rings is 1. The maximum absolute atomic E-state index is 13.5. The number of benzene rings is 2. The SMILES string of the molecule is CC(=O)N1CCC(n2cc(-c3cnc(N)c([C@H](C(=O)Nc4ccc(F)cc4)c4ccccc4)n3)cn2)CC1. The normalized spacial score (nSPS) is 14.7. The molecule has 2 aromatic carbocycles. The average Bonchev–Trinajstić information content (AvgIpc) is 3.42. The largest absolute Gasteiger partial charge is 0.382 e. The summed E-state index contributed by atoms with van der Waals surface area (Å²) < 4.78 is 15.3. The molecule has 194 valence electrons. The maximum atomic E-state index is 13.5. The van der Waals surface area contributed by atoms with E-state index in [-0.39, 0.29) is 23.7 Å². The molecule has 5 rings (SSSR count). The number of amides is 2. The van der Waals surface area contributed by atoms with Crippen molar-refractivity contribution < 1.29 is 14.0 Å². The monoisotopic (exact) mass is 513 g/mol. The van der Waals surface area contributed by atoms with Crippen LogP contribution >= 0.6 is 0 Å². The molecule has 38 heavy (non-hydrogen) atoms. The predicted molar refractivity (Wildman–Crippen MR) is 142 cm³/mol. The van der Waals surface area contributed by atoms with E-state index >= 15 is 0 Å². The van der Waals surface area contributed by atoms with E-state index in [1.165, 1.54) is 24.3 Å². The van der Waals surface area contributed by atoms with Gasteiger partial charge in [0.05, 0.1) is 24.1 Å². The lowest BCUT2D eigenvalue weighted by molar-refractivity contribution is -0.130. The topological polar surface area (TPSA) is 119 Å². The van der Waals surface area contributed by atoms with Crippen LogP contribution in [0.4, 0.5) is 15.9 Å². The molecule has 0 spiro atoms. The highest BCUT2D eigenvalue weighted by Crippen LogP contribution is 2.31. The molecule has 1 fully saturated rings. The van der Waals surface area contributed by atoms with Crippen LogP contribution in [0.3, 0.4) is 0 Å². The molecule has 3 heterocycles. The fourth-order valence-electron chi connectivity index (χ4n) is 4.71. The van der Waals surface area contributed by atoms with E-state index in [4.69, 9.17) is 10.7 Å². The van der Waals surface area contributed by atoms with Gasteiger partial charge in [-0.15, -0.1) is 0 Å². The van der Waals surface area contributed by atoms with Crippen LogP contribution in [0, 0.1) is 5.82 Å². The molecular formula is C28H28FN7O2. The second-order valence-corrected chi connectivity index (χ2v) is 9.31. The molecule has 9 nitrogen and oxygen atoms in total. The van der Waals surface area contributed by atoms with Crippen molar-refractivity contribution in [1.82, 2.24) is 24.6 Å². The molecule has 0 aliphatic carbocycles. The predicted octanol–water partition coefficient (Wildman–Crippen LogP) is 4.02. The molecular weight excluding hydrogens is 485 g/mol. The van der Waals surface area contributed by atoms with Gasteiger partial charge in [-0.2, -0.15) is 5.10 Å². The van der Waals surface area contributed by atoms with Gasteiger partial charge in [0.15, 0.2) is 0 Å². The number of hydrogen-bond acceptors (Lipinski definition) is 6. The first-order chi connectivity index (χ1) is 18.4. The van der Waals surface area contributed by atoms with Gasteiger partial charge in [0.2, 0.25) is 11.8 Å². The number of likely N-dealkylation sites (tertiary alicyclic amines) is 1. The zero-order valence-corrected chi connectivity index (χ0v) is 20.9. The quantitative estimate of drug-likeness (QED) is 0.402. The number of hydrogen-bond donors (Lipinski definition) is 2. The molecule has 1 aliphatic heterocycles. The summed E-state index contributed by atoms with van der Waals surface area (Å²) in [6.07, 6.45) is 6.84. The lowest BCUT2D eigenvalue weighted by Crippen LogP contribution is -2.37. The fourth-order valence-corrected chi connectivity index (χ4v) is 4.71. The Morgan fingerprint density at radius 3 is 2.45 bits per heavy atom. The van der Waals surface area contributed by atoms with E-state index in [0.717, 1.165) is 18.4 Å². The molecule has 2 aromatic heterocycles. The second kappa shape index (κ2) is 10.8. The summed E-state index contributed by atoms with van der Waals surface area (Å²) >= 11 is 0. The van der Waals surface area contributed by atoms with Crippen LogP contribution in [0.5, 0.6) is 0 Å². The number of anilines is 2. The van der Waals surface area contributed by atoms with E-state index in [2.05, 4.69) is 15.4 Å². The number of nitrogen functional groups attached to an aromatic ring is 1. The highest BCUT2D eigenvalue weighted by Gasteiger charge is 2.28. The van der Waals surface area contributed by atoms with Crippen molar-refractivity contribution >= 4 is 23.3 Å². The number of rotatable bonds is 6. The third kappa shape index (κ3) is 5.39. The van der Waals surface area contributed by atoms with Gasteiger partial charge < -0.3 is 16.0 Å². The maximum Gasteiger partial charge on any atom is 0.238 e. The highest BCUT2D eigenvalue weighted by molar-refractivity contribution is 5.98. The minimum atomic E-state index is -0.848. The van der Waals surface area contributed by atoms with Crippen molar-refractivity contribution in [2.75, 3.05) is 24.1 Å². The molecule has 0 radical (unpaired) electrons. The number of nitrogens with zero attached hydrogens (tertiary/aromatic N) is 5. The van der Waals surface area contributed by atoms with Crippen LogP contribution in [0.15, 0.2) is 73.2 Å². The first-order valence-electron chi connectivity index (χ1n) is 12.4. The number of carbonyl (C=O) groups is 2. The van der Waals surface area contributed by atoms with Crippen molar-refractivity contribution in [3.05, 3.63) is 90.3 Å². The number of aromatic nitrogens is 4. The summed E-state index contributed by atoms with van der Waals surface area (Å²) in [7, 11) is 0. The number of halogens is 1. The van der Waals surface area contributed by atoms with Crippen LogP contribution in [0.2, 0.25) is 0 Å². The van der Waals surface area contributed by atoms with Gasteiger partial charge in [0, 0.05) is 37.5 Å². The number of nitrogens with one attached hydrogen (secondary N) is 1. The Morgan fingerprint density at radius 1 is 1.05 bits per heavy atom. The van der Waals surface area contributed by atoms with E-state index in [1.54, 1.807) is 19.3 Å². The van der Waals surface area contributed by atoms with Crippen LogP contribution < -0.4 is 11.1 Å². The van der Waals surface area contributed by atoms with Gasteiger partial charge in [0.1, 0.15) is 23.2 Å². The van der Waals surface area contributed by atoms with Crippen LogP contribution in [0.25, 0.3) is 11.3 Å². The van der Waals surface area contributed by atoms with Gasteiger partial charge >= 0.3 is 0 Å². The molecule has 0 saturated carbocycles. The number of nitrogens with two attached hydrogens (primary N) is 1. The number of carbonyl (C=O) groups excluding carboxylic acids is 2. The lowest BCUT2D eigenvalue weighted by atomic mass is 9.94. The first-order valence-corrected chi connectivity index (χ1v) is 12.4. The summed E-state index contributed by atoms with van der Waals surface area (Å²) in [6.45, 7) is 2.98. The van der Waals surface area contributed by atoms with E-state index < -0.39 is 11.7 Å². The Morgan fingerprint density at radius 2 is 1.76 bits per heavy atom. The van der Waals surface area contributed by atoms with E-state index in [1.807, 2.05) is 46.1 Å². The summed E-state index contributed by atoms with van der Waals surface area (Å²) in [5.41, 5.74) is 9.01. The van der Waals surface area contributed by atoms with Crippen molar-refractivity contribution in [3.8, 4) is 11.3 Å². The average molecular weight is 514 g/mol. The Hall–Kier alpha value is -4.60. The summed E-state index contributed by atoms with van der Waals surface area (Å²) in [5, 5.41) is 7.38. The third-order valence-electron chi connectivity index (χ3n) is 6.79. The summed E-state index contributed by atoms with van der Waals surface area (Å²) in [5.74, 6) is -1.38. The summed E-state index contributed by atoms with van der Waals surface area (Å²) in [4.78, 5) is 36.1. The molecule has 0 unspecified atom stereocenters. The van der Waals surface area contributed by atoms with Crippen LogP contribution in [-0.2, 0) is 9.59 Å². The Balaban J connectivity index is 1.44. The molecule has 2 amide bonds. The van der Waals surface area contributed by atoms with Crippen LogP contribution in [-0.4, -0.2) is 49.6 Å². The van der Waals surface area contributed by atoms with Gasteiger partial charge in [-0.25, -0.2) is 14.4 Å². The molecule has 1 saturated heterocycles.